The molecule has 0 heterocycles. The molecule has 0 bridgehead atoms. The summed E-state index contributed by atoms with van der Waals surface area (Å²) in [4.78, 5) is 3.77. The van der Waals surface area contributed by atoms with Gasteiger partial charge < -0.3 is 11.1 Å². The molecule has 0 spiro atoms. The van der Waals surface area contributed by atoms with Crippen LogP contribution >= 0.6 is 0 Å². The third kappa shape index (κ3) is 3.28. The van der Waals surface area contributed by atoms with Crippen LogP contribution in [0.3, 0.4) is 0 Å². The Morgan fingerprint density at radius 1 is 1.31 bits per heavy atom. The molecule has 3 N–H and O–H groups in total. The summed E-state index contributed by atoms with van der Waals surface area (Å²) in [6.45, 7) is 5.33. The van der Waals surface area contributed by atoms with Gasteiger partial charge >= 0.3 is 6.18 Å². The molecule has 1 aliphatic rings. The molecule has 1 rings (SSSR count). The van der Waals surface area contributed by atoms with Crippen molar-refractivity contribution in [3.8, 4) is 0 Å². The van der Waals surface area contributed by atoms with Gasteiger partial charge in [0.1, 0.15) is 0 Å². The number of alkyl halides is 3. The van der Waals surface area contributed by atoms with Crippen LogP contribution in [0.4, 0.5) is 13.2 Å². The predicted molar refractivity (Wildman–Crippen MR) is 57.1 cm³/mol. The first-order valence-corrected chi connectivity index (χ1v) is 5.21. The molecule has 0 atom stereocenters. The van der Waals surface area contributed by atoms with Gasteiger partial charge in [0.25, 0.3) is 0 Å². The average molecular weight is 237 g/mol. The number of halogens is 3. The molecule has 16 heavy (non-hydrogen) atoms. The summed E-state index contributed by atoms with van der Waals surface area (Å²) in [6, 6.07) is 0. The number of rotatable bonds is 2. The van der Waals surface area contributed by atoms with E-state index in [9.17, 15) is 13.2 Å². The van der Waals surface area contributed by atoms with Gasteiger partial charge in [0.15, 0.2) is 5.96 Å². The molecule has 0 aromatic rings. The first-order chi connectivity index (χ1) is 7.06. The number of hydrogen-bond donors (Lipinski definition) is 2. The van der Waals surface area contributed by atoms with Crippen molar-refractivity contribution in [2.24, 2.45) is 16.1 Å². The molecule has 1 aliphatic carbocycles. The first kappa shape index (κ1) is 13.1. The summed E-state index contributed by atoms with van der Waals surface area (Å²) in [5.74, 6) is 0.0722. The molecule has 0 aromatic heterocycles. The topological polar surface area (TPSA) is 50.4 Å². The first-order valence-electron chi connectivity index (χ1n) is 5.21. The van der Waals surface area contributed by atoms with Gasteiger partial charge in [-0.1, -0.05) is 0 Å². The molecule has 0 unspecified atom stereocenters. The van der Waals surface area contributed by atoms with Crippen molar-refractivity contribution in [3.05, 3.63) is 0 Å². The highest BCUT2D eigenvalue weighted by molar-refractivity contribution is 5.78. The van der Waals surface area contributed by atoms with Crippen LogP contribution < -0.4 is 11.1 Å². The van der Waals surface area contributed by atoms with Crippen molar-refractivity contribution in [2.45, 2.75) is 45.3 Å². The molecule has 1 fully saturated rings. The van der Waals surface area contributed by atoms with Gasteiger partial charge in [-0.25, -0.2) is 0 Å². The third-order valence-corrected chi connectivity index (χ3v) is 2.51. The van der Waals surface area contributed by atoms with E-state index >= 15 is 0 Å². The lowest BCUT2D eigenvalue weighted by Crippen LogP contribution is -2.45. The molecule has 0 radical (unpaired) electrons. The Kier molecular flexibility index (Phi) is 3.13. The van der Waals surface area contributed by atoms with E-state index in [1.54, 1.807) is 0 Å². The average Bonchev–Trinajstić information content (AvgIpc) is 2.75. The second kappa shape index (κ2) is 3.82. The van der Waals surface area contributed by atoms with Crippen LogP contribution in [0.1, 0.15) is 33.6 Å². The second-order valence-electron chi connectivity index (χ2n) is 5.35. The van der Waals surface area contributed by atoms with E-state index in [4.69, 9.17) is 5.73 Å². The molecule has 0 aromatic carbocycles. The maximum atomic E-state index is 12.6. The van der Waals surface area contributed by atoms with Crippen molar-refractivity contribution >= 4 is 5.96 Å². The Hall–Kier alpha value is -0.940. The van der Waals surface area contributed by atoms with E-state index in [-0.39, 0.29) is 30.9 Å². The van der Waals surface area contributed by atoms with Crippen molar-refractivity contribution in [2.75, 3.05) is 6.54 Å². The van der Waals surface area contributed by atoms with Gasteiger partial charge in [0.2, 0.25) is 0 Å². The number of nitrogens with two attached hydrogens (primary N) is 1. The molecule has 1 saturated carbocycles. The zero-order chi connectivity index (χ0) is 12.6. The van der Waals surface area contributed by atoms with Gasteiger partial charge in [-0.3, -0.25) is 4.99 Å². The Balaban J connectivity index is 2.54. The maximum Gasteiger partial charge on any atom is 0.396 e. The fraction of sp³-hybridized carbons (Fsp3) is 0.900. The van der Waals surface area contributed by atoms with Gasteiger partial charge in [-0.2, -0.15) is 13.2 Å². The van der Waals surface area contributed by atoms with Gasteiger partial charge in [-0.05, 0) is 33.6 Å². The van der Waals surface area contributed by atoms with Gasteiger partial charge in [-0.15, -0.1) is 0 Å². The highest BCUT2D eigenvalue weighted by atomic mass is 19.4. The molecule has 0 saturated heterocycles. The van der Waals surface area contributed by atoms with Crippen molar-refractivity contribution in [3.63, 3.8) is 0 Å². The Bertz CT molecular complexity index is 285. The molecule has 0 amide bonds. The molecular formula is C10H18F3N3. The summed E-state index contributed by atoms with van der Waals surface area (Å²) in [5, 5.41) is 2.83. The minimum Gasteiger partial charge on any atom is -0.370 e. The summed E-state index contributed by atoms with van der Waals surface area (Å²) in [5.41, 5.74) is 3.61. The molecule has 0 aliphatic heterocycles. The van der Waals surface area contributed by atoms with Crippen LogP contribution in [-0.2, 0) is 0 Å². The van der Waals surface area contributed by atoms with Gasteiger partial charge in [0, 0.05) is 5.54 Å². The molecular weight excluding hydrogens is 219 g/mol. The van der Waals surface area contributed by atoms with E-state index in [0.717, 1.165) is 0 Å². The highest BCUT2D eigenvalue weighted by Gasteiger charge is 2.63. The fourth-order valence-corrected chi connectivity index (χ4v) is 1.34. The van der Waals surface area contributed by atoms with E-state index < -0.39 is 11.6 Å². The van der Waals surface area contributed by atoms with Crippen molar-refractivity contribution < 1.29 is 13.2 Å². The normalized spacial score (nSPS) is 20.8. The Morgan fingerprint density at radius 3 is 2.12 bits per heavy atom. The van der Waals surface area contributed by atoms with Crippen LogP contribution in [0.15, 0.2) is 4.99 Å². The fourth-order valence-electron chi connectivity index (χ4n) is 1.34. The third-order valence-electron chi connectivity index (χ3n) is 2.51. The zero-order valence-corrected chi connectivity index (χ0v) is 9.78. The lowest BCUT2D eigenvalue weighted by atomic mass is 10.1. The van der Waals surface area contributed by atoms with E-state index in [0.29, 0.717) is 0 Å². The summed E-state index contributed by atoms with van der Waals surface area (Å²) in [7, 11) is 0. The minimum absolute atomic E-state index is 0.0722. The Labute approximate surface area is 93.3 Å². The minimum atomic E-state index is -4.17. The highest BCUT2D eigenvalue weighted by Crippen LogP contribution is 2.57. The molecule has 3 nitrogen and oxygen atoms in total. The molecule has 6 heteroatoms. The predicted octanol–water partition coefficient (Wildman–Crippen LogP) is 2.03. The van der Waals surface area contributed by atoms with Crippen LogP contribution in [0.5, 0.6) is 0 Å². The Morgan fingerprint density at radius 2 is 1.81 bits per heavy atom. The maximum absolute atomic E-state index is 12.6. The van der Waals surface area contributed by atoms with Crippen molar-refractivity contribution in [1.29, 1.82) is 0 Å². The number of nitrogens with one attached hydrogen (secondary N) is 1. The van der Waals surface area contributed by atoms with Crippen LogP contribution in [0.25, 0.3) is 0 Å². The smallest absolute Gasteiger partial charge is 0.370 e. The van der Waals surface area contributed by atoms with Crippen LogP contribution in [-0.4, -0.2) is 24.2 Å². The standard InChI is InChI=1S/C10H18F3N3/c1-8(2,3)16-7(14)15-6-9(4-5-9)10(11,12)13/h4-6H2,1-3H3,(H3,14,15,16). The zero-order valence-electron chi connectivity index (χ0n) is 9.78. The molecule has 94 valence electrons. The number of guanidine groups is 1. The van der Waals surface area contributed by atoms with Crippen LogP contribution in [0.2, 0.25) is 0 Å². The van der Waals surface area contributed by atoms with Gasteiger partial charge in [0.05, 0.1) is 12.0 Å². The number of nitrogens with zero attached hydrogens (tertiary/aromatic N) is 1. The lowest BCUT2D eigenvalue weighted by Gasteiger charge is -2.22. The SMILES string of the molecule is CC(C)(C)NC(N)=NCC1(C(F)(F)F)CC1. The van der Waals surface area contributed by atoms with E-state index in [1.165, 1.54) is 0 Å². The van der Waals surface area contributed by atoms with Crippen LogP contribution in [0, 0.1) is 5.41 Å². The summed E-state index contributed by atoms with van der Waals surface area (Å²) >= 11 is 0. The summed E-state index contributed by atoms with van der Waals surface area (Å²) in [6.07, 6.45) is -3.86. The largest absolute Gasteiger partial charge is 0.396 e. The lowest BCUT2D eigenvalue weighted by molar-refractivity contribution is -0.183. The van der Waals surface area contributed by atoms with E-state index in [2.05, 4.69) is 10.3 Å². The monoisotopic (exact) mass is 237 g/mol. The second-order valence-corrected chi connectivity index (χ2v) is 5.35. The van der Waals surface area contributed by atoms with E-state index in [1.807, 2.05) is 20.8 Å². The quantitative estimate of drug-likeness (QED) is 0.570. The van der Waals surface area contributed by atoms with Crippen molar-refractivity contribution in [1.82, 2.24) is 5.32 Å². The number of aliphatic imine (C=N–C) groups is 1. The summed E-state index contributed by atoms with van der Waals surface area (Å²) < 4.78 is 37.7. The number of hydrogen-bond acceptors (Lipinski definition) is 1.